The number of rotatable bonds is 20. The maximum atomic E-state index is 4.02. The van der Waals surface area contributed by atoms with E-state index in [0.717, 1.165) is 0 Å². The predicted octanol–water partition coefficient (Wildman–Crippen LogP) is 14.0. The van der Waals surface area contributed by atoms with Gasteiger partial charge in [-0.1, -0.05) is 196 Å². The monoisotopic (exact) mass is 606 g/mol. The summed E-state index contributed by atoms with van der Waals surface area (Å²) in [6.45, 7) is 23.2. The first-order valence-electron chi connectivity index (χ1n) is 18.1. The minimum atomic E-state index is 0. The Bertz CT molecular complexity index is 751. The Kier molecular flexibility index (Phi) is 21.8. The molecule has 1 heteroatoms. The molecule has 0 nitrogen and oxygen atoms in total. The van der Waals surface area contributed by atoms with Gasteiger partial charge in [-0.3, -0.25) is 12.2 Å². The second-order valence-electron chi connectivity index (χ2n) is 12.8. The molecule has 0 aromatic heterocycles. The standard InChI is InChI=1S/2C20H35.Fe/c2*1-6-11-17-16-20(14-9-4,15-10-5)19(13-8-3)18(17)12-7-2;/h2*6-15H2,1-5H3;/q2*-1;+2. The smallest absolute Gasteiger partial charge is 0.262 e. The van der Waals surface area contributed by atoms with Gasteiger partial charge < -0.3 is 0 Å². The minimum Gasteiger partial charge on any atom is -0.262 e. The van der Waals surface area contributed by atoms with Gasteiger partial charge in [-0.25, -0.2) is 11.1 Å². The molecule has 0 saturated carbocycles. The Morgan fingerprint density at radius 3 is 0.854 bits per heavy atom. The van der Waals surface area contributed by atoms with Crippen LogP contribution in [0.2, 0.25) is 0 Å². The summed E-state index contributed by atoms with van der Waals surface area (Å²) in [4.78, 5) is 0. The van der Waals surface area contributed by atoms with Gasteiger partial charge in [-0.15, -0.1) is 0 Å². The molecule has 2 aliphatic rings. The maximum absolute atomic E-state index is 4.02. The third kappa shape index (κ3) is 10.9. The van der Waals surface area contributed by atoms with Gasteiger partial charge in [0.25, 0.3) is 0 Å². The fourth-order valence-corrected chi connectivity index (χ4v) is 7.94. The van der Waals surface area contributed by atoms with Gasteiger partial charge in [0.05, 0.1) is 0 Å². The van der Waals surface area contributed by atoms with Gasteiger partial charge in [0.2, 0.25) is 0 Å². The molecule has 0 aliphatic heterocycles. The SMILES string of the molecule is CCCC1=[C-]C(CCC)(CCC)C(CCC)=C1CCC.CCCC1=[C-]C(CCC)(CCC)C(CCC)=C1CCC.[Fe+2]. The van der Waals surface area contributed by atoms with E-state index in [-0.39, 0.29) is 17.1 Å². The topological polar surface area (TPSA) is 0 Å². The van der Waals surface area contributed by atoms with Crippen LogP contribution in [0.1, 0.15) is 198 Å². The van der Waals surface area contributed by atoms with Crippen molar-refractivity contribution < 1.29 is 17.1 Å². The van der Waals surface area contributed by atoms with Gasteiger partial charge in [0.1, 0.15) is 0 Å². The van der Waals surface area contributed by atoms with Gasteiger partial charge in [0, 0.05) is 0 Å². The second kappa shape index (κ2) is 22.1. The van der Waals surface area contributed by atoms with Crippen LogP contribution in [0.4, 0.5) is 0 Å². The molecule has 0 aromatic rings. The van der Waals surface area contributed by atoms with Crippen molar-refractivity contribution >= 4 is 0 Å². The zero-order valence-electron chi connectivity index (χ0n) is 29.5. The molecule has 0 radical (unpaired) electrons. The van der Waals surface area contributed by atoms with Crippen LogP contribution in [0.25, 0.3) is 0 Å². The van der Waals surface area contributed by atoms with Crippen molar-refractivity contribution in [2.24, 2.45) is 10.8 Å². The van der Waals surface area contributed by atoms with Crippen LogP contribution in [0.15, 0.2) is 33.4 Å². The first kappa shape index (κ1) is 40.5. The van der Waals surface area contributed by atoms with Crippen molar-refractivity contribution in [3.05, 3.63) is 45.6 Å². The molecule has 0 saturated heterocycles. The van der Waals surface area contributed by atoms with E-state index in [0.29, 0.717) is 10.8 Å². The fraction of sp³-hybridized carbons (Fsp3) is 0.800. The van der Waals surface area contributed by atoms with Crippen molar-refractivity contribution in [3.63, 3.8) is 0 Å². The molecule has 0 fully saturated rings. The quantitative estimate of drug-likeness (QED) is 0.0955. The molecule has 0 heterocycles. The summed E-state index contributed by atoms with van der Waals surface area (Å²) < 4.78 is 0. The van der Waals surface area contributed by atoms with Crippen molar-refractivity contribution in [1.82, 2.24) is 0 Å². The number of allylic oxidation sites excluding steroid dienone is 8. The molecule has 0 bridgehead atoms. The van der Waals surface area contributed by atoms with Crippen molar-refractivity contribution in [2.45, 2.75) is 198 Å². The first-order chi connectivity index (χ1) is 19.4. The fourth-order valence-electron chi connectivity index (χ4n) is 7.94. The van der Waals surface area contributed by atoms with Crippen molar-refractivity contribution in [2.75, 3.05) is 0 Å². The van der Waals surface area contributed by atoms with E-state index in [4.69, 9.17) is 0 Å². The summed E-state index contributed by atoms with van der Waals surface area (Å²) in [5.41, 5.74) is 10.7. The second-order valence-corrected chi connectivity index (χ2v) is 12.8. The van der Waals surface area contributed by atoms with Gasteiger partial charge in [0.15, 0.2) is 0 Å². The molecule has 0 atom stereocenters. The molecule has 0 spiro atoms. The summed E-state index contributed by atoms with van der Waals surface area (Å²) in [7, 11) is 0. The van der Waals surface area contributed by atoms with E-state index in [1.165, 1.54) is 128 Å². The molecule has 238 valence electrons. The third-order valence-corrected chi connectivity index (χ3v) is 9.10. The normalized spacial score (nSPS) is 17.3. The molecular formula is C40H70Fe. The Balaban J connectivity index is 0.000000762. The first-order valence-corrected chi connectivity index (χ1v) is 18.1. The van der Waals surface area contributed by atoms with Crippen LogP contribution in [0, 0.1) is 23.0 Å². The number of hydrogen-bond donors (Lipinski definition) is 0. The van der Waals surface area contributed by atoms with Crippen LogP contribution in [0.5, 0.6) is 0 Å². The Hall–Kier alpha value is -0.521. The van der Waals surface area contributed by atoms with Gasteiger partial charge >= 0.3 is 17.1 Å². The molecule has 0 amide bonds. The Labute approximate surface area is 270 Å². The van der Waals surface area contributed by atoms with Crippen LogP contribution in [-0.2, 0) is 17.1 Å². The predicted molar refractivity (Wildman–Crippen MR) is 182 cm³/mol. The summed E-state index contributed by atoms with van der Waals surface area (Å²) in [5, 5.41) is 0. The zero-order chi connectivity index (χ0) is 30.0. The minimum absolute atomic E-state index is 0. The summed E-state index contributed by atoms with van der Waals surface area (Å²) in [6.07, 6.45) is 33.5. The summed E-state index contributed by atoms with van der Waals surface area (Å²) in [6, 6.07) is 0. The average molecular weight is 607 g/mol. The average Bonchev–Trinajstić information content (AvgIpc) is 3.34. The van der Waals surface area contributed by atoms with Crippen molar-refractivity contribution in [1.29, 1.82) is 0 Å². The van der Waals surface area contributed by atoms with E-state index in [9.17, 15) is 0 Å². The largest absolute Gasteiger partial charge is 2.00 e. The van der Waals surface area contributed by atoms with E-state index in [1.807, 2.05) is 0 Å². The van der Waals surface area contributed by atoms with Crippen LogP contribution >= 0.6 is 0 Å². The molecule has 2 rings (SSSR count). The van der Waals surface area contributed by atoms with Crippen LogP contribution in [0.3, 0.4) is 0 Å². The van der Waals surface area contributed by atoms with E-state index < -0.39 is 0 Å². The maximum Gasteiger partial charge on any atom is 2.00 e. The molecule has 0 N–H and O–H groups in total. The van der Waals surface area contributed by atoms with Crippen LogP contribution < -0.4 is 0 Å². The van der Waals surface area contributed by atoms with E-state index in [1.54, 1.807) is 33.4 Å². The van der Waals surface area contributed by atoms with Crippen molar-refractivity contribution in [3.8, 4) is 0 Å². The third-order valence-electron chi connectivity index (χ3n) is 9.10. The number of hydrogen-bond acceptors (Lipinski definition) is 0. The molecule has 2 aliphatic carbocycles. The molecular weight excluding hydrogens is 536 g/mol. The molecule has 0 aromatic carbocycles. The molecule has 0 unspecified atom stereocenters. The molecule has 41 heavy (non-hydrogen) atoms. The zero-order valence-corrected chi connectivity index (χ0v) is 30.6. The Morgan fingerprint density at radius 1 is 0.366 bits per heavy atom. The summed E-state index contributed by atoms with van der Waals surface area (Å²) >= 11 is 0. The van der Waals surface area contributed by atoms with E-state index in [2.05, 4.69) is 81.4 Å². The van der Waals surface area contributed by atoms with Gasteiger partial charge in [-0.2, -0.15) is 22.3 Å². The van der Waals surface area contributed by atoms with Gasteiger partial charge in [-0.05, 0) is 12.8 Å². The summed E-state index contributed by atoms with van der Waals surface area (Å²) in [5.74, 6) is 0. The van der Waals surface area contributed by atoms with E-state index >= 15 is 0 Å². The Morgan fingerprint density at radius 2 is 0.634 bits per heavy atom. The van der Waals surface area contributed by atoms with Crippen LogP contribution in [-0.4, -0.2) is 0 Å².